The maximum Gasteiger partial charge on any atom is 0.330 e. The highest BCUT2D eigenvalue weighted by molar-refractivity contribution is 6.05. The molecule has 0 radical (unpaired) electrons. The average Bonchev–Trinajstić information content (AvgIpc) is 2.74. The van der Waals surface area contributed by atoms with Crippen molar-refractivity contribution >= 4 is 16.9 Å². The third kappa shape index (κ3) is 4.44. The van der Waals surface area contributed by atoms with E-state index in [0.29, 0.717) is 5.69 Å². The van der Waals surface area contributed by atoms with Crippen LogP contribution in [0.1, 0.15) is 61.3 Å². The Morgan fingerprint density at radius 2 is 1.94 bits per heavy atom. The Bertz CT molecular complexity index is 1330. The number of hydrogen-bond acceptors (Lipinski definition) is 5. The van der Waals surface area contributed by atoms with Crippen molar-refractivity contribution in [3.8, 4) is 6.07 Å². The molecule has 0 aliphatic heterocycles. The Morgan fingerprint density at radius 1 is 1.25 bits per heavy atom. The number of carbonyl (C=O) groups excluding carboxylic acids is 1. The van der Waals surface area contributed by atoms with E-state index in [2.05, 4.69) is 15.3 Å². The summed E-state index contributed by atoms with van der Waals surface area (Å²) in [4.78, 5) is 45.1. The number of nitrogens with one attached hydrogen (secondary N) is 2. The van der Waals surface area contributed by atoms with Gasteiger partial charge in [0.2, 0.25) is 0 Å². The molecular formula is C23H24FN5O3. The lowest BCUT2D eigenvalue weighted by molar-refractivity contribution is 0.0946. The SMILES string of the molecule is CC(C)Cn1c(=O)[nH]c(=O)c2c(C(=O)NC(C#N)c3ccccc3F)cc(C(C)C)nc21. The number of aromatic nitrogens is 3. The Morgan fingerprint density at radius 3 is 2.53 bits per heavy atom. The predicted octanol–water partition coefficient (Wildman–Crippen LogP) is 3.00. The van der Waals surface area contributed by atoms with Crippen LogP contribution in [0.5, 0.6) is 0 Å². The summed E-state index contributed by atoms with van der Waals surface area (Å²) in [5.74, 6) is -1.40. The van der Waals surface area contributed by atoms with E-state index < -0.39 is 29.0 Å². The largest absolute Gasteiger partial charge is 0.332 e. The molecule has 1 unspecified atom stereocenters. The fourth-order valence-corrected chi connectivity index (χ4v) is 3.40. The zero-order valence-electron chi connectivity index (χ0n) is 18.3. The molecule has 0 spiro atoms. The summed E-state index contributed by atoms with van der Waals surface area (Å²) in [6.45, 7) is 7.85. The smallest absolute Gasteiger partial charge is 0.330 e. The van der Waals surface area contributed by atoms with Gasteiger partial charge in [0.05, 0.1) is 17.0 Å². The molecule has 32 heavy (non-hydrogen) atoms. The summed E-state index contributed by atoms with van der Waals surface area (Å²) < 4.78 is 15.5. The molecule has 0 fully saturated rings. The van der Waals surface area contributed by atoms with Crippen molar-refractivity contribution in [2.24, 2.45) is 5.92 Å². The van der Waals surface area contributed by atoms with E-state index in [1.807, 2.05) is 33.8 Å². The molecule has 2 aromatic heterocycles. The van der Waals surface area contributed by atoms with Gasteiger partial charge in [-0.3, -0.25) is 19.1 Å². The van der Waals surface area contributed by atoms with Gasteiger partial charge in [-0.1, -0.05) is 45.9 Å². The Balaban J connectivity index is 2.22. The first-order valence-electron chi connectivity index (χ1n) is 10.3. The number of H-pyrrole nitrogens is 1. The van der Waals surface area contributed by atoms with Gasteiger partial charge in [-0.05, 0) is 24.0 Å². The summed E-state index contributed by atoms with van der Waals surface area (Å²) in [6.07, 6.45) is 0. The molecule has 2 heterocycles. The minimum Gasteiger partial charge on any atom is -0.332 e. The van der Waals surface area contributed by atoms with Gasteiger partial charge in [-0.25, -0.2) is 14.2 Å². The summed E-state index contributed by atoms with van der Waals surface area (Å²) in [5, 5.41) is 12.0. The zero-order chi connectivity index (χ0) is 23.6. The van der Waals surface area contributed by atoms with Gasteiger partial charge in [0.25, 0.3) is 11.5 Å². The summed E-state index contributed by atoms with van der Waals surface area (Å²) in [5.41, 5.74) is -0.784. The number of nitriles is 1. The van der Waals surface area contributed by atoms with E-state index >= 15 is 0 Å². The van der Waals surface area contributed by atoms with E-state index in [9.17, 15) is 24.0 Å². The molecule has 3 aromatic rings. The first-order valence-corrected chi connectivity index (χ1v) is 10.3. The quantitative estimate of drug-likeness (QED) is 0.614. The van der Waals surface area contributed by atoms with E-state index in [1.54, 1.807) is 6.07 Å². The van der Waals surface area contributed by atoms with Crippen LogP contribution in [-0.4, -0.2) is 20.4 Å². The van der Waals surface area contributed by atoms with Gasteiger partial charge in [0, 0.05) is 17.8 Å². The van der Waals surface area contributed by atoms with Gasteiger partial charge in [0.15, 0.2) is 5.65 Å². The highest BCUT2D eigenvalue weighted by Crippen LogP contribution is 2.22. The highest BCUT2D eigenvalue weighted by atomic mass is 19.1. The van der Waals surface area contributed by atoms with Crippen LogP contribution in [0.3, 0.4) is 0 Å². The number of fused-ring (bicyclic) bond motifs is 1. The van der Waals surface area contributed by atoms with Crippen LogP contribution in [0.15, 0.2) is 39.9 Å². The molecule has 0 aliphatic carbocycles. The van der Waals surface area contributed by atoms with Crippen molar-refractivity contribution < 1.29 is 9.18 Å². The molecule has 1 aromatic carbocycles. The van der Waals surface area contributed by atoms with Crippen LogP contribution in [-0.2, 0) is 6.54 Å². The van der Waals surface area contributed by atoms with E-state index in [4.69, 9.17) is 0 Å². The lowest BCUT2D eigenvalue weighted by Gasteiger charge is -2.17. The summed E-state index contributed by atoms with van der Waals surface area (Å²) in [7, 11) is 0. The lowest BCUT2D eigenvalue weighted by Crippen LogP contribution is -2.35. The Kier molecular flexibility index (Phi) is 6.53. The summed E-state index contributed by atoms with van der Waals surface area (Å²) in [6, 6.07) is 7.72. The molecular weight excluding hydrogens is 413 g/mol. The third-order valence-electron chi connectivity index (χ3n) is 4.97. The first kappa shape index (κ1) is 22.9. The van der Waals surface area contributed by atoms with Crippen LogP contribution < -0.4 is 16.6 Å². The second kappa shape index (κ2) is 9.14. The molecule has 1 amide bonds. The molecule has 1 atom stereocenters. The van der Waals surface area contributed by atoms with Crippen molar-refractivity contribution in [3.63, 3.8) is 0 Å². The summed E-state index contributed by atoms with van der Waals surface area (Å²) >= 11 is 0. The molecule has 0 saturated heterocycles. The van der Waals surface area contributed by atoms with Crippen molar-refractivity contribution in [2.75, 3.05) is 0 Å². The monoisotopic (exact) mass is 437 g/mol. The highest BCUT2D eigenvalue weighted by Gasteiger charge is 2.24. The second-order valence-electron chi connectivity index (χ2n) is 8.27. The molecule has 166 valence electrons. The van der Waals surface area contributed by atoms with Crippen LogP contribution >= 0.6 is 0 Å². The van der Waals surface area contributed by atoms with Crippen molar-refractivity contribution in [3.05, 3.63) is 73.8 Å². The van der Waals surface area contributed by atoms with Crippen molar-refractivity contribution in [1.29, 1.82) is 5.26 Å². The van der Waals surface area contributed by atoms with Crippen LogP contribution in [0.25, 0.3) is 11.0 Å². The zero-order valence-corrected chi connectivity index (χ0v) is 18.3. The third-order valence-corrected chi connectivity index (χ3v) is 4.97. The number of rotatable bonds is 6. The fraction of sp³-hybridized carbons (Fsp3) is 0.348. The Labute approximate surface area is 183 Å². The van der Waals surface area contributed by atoms with E-state index in [0.717, 1.165) is 0 Å². The number of pyridine rings is 1. The minimum absolute atomic E-state index is 0.0106. The van der Waals surface area contributed by atoms with E-state index in [-0.39, 0.29) is 40.5 Å². The number of carbonyl (C=O) groups is 1. The number of hydrogen-bond donors (Lipinski definition) is 2. The lowest BCUT2D eigenvalue weighted by atomic mass is 10.0. The van der Waals surface area contributed by atoms with Crippen LogP contribution in [0, 0.1) is 23.1 Å². The van der Waals surface area contributed by atoms with Gasteiger partial charge in [-0.2, -0.15) is 5.26 Å². The molecule has 8 nitrogen and oxygen atoms in total. The fourth-order valence-electron chi connectivity index (χ4n) is 3.40. The molecule has 0 bridgehead atoms. The van der Waals surface area contributed by atoms with Crippen molar-refractivity contribution in [2.45, 2.75) is 46.2 Å². The average molecular weight is 437 g/mol. The standard InChI is InChI=1S/C23H24FN5O3/c1-12(2)11-29-20-19(22(31)28-23(29)32)15(9-17(26-20)13(3)4)21(30)27-18(10-25)14-7-5-6-8-16(14)24/h5-9,12-13,18H,11H2,1-4H3,(H,27,30)(H,28,31,32). The van der Waals surface area contributed by atoms with Gasteiger partial charge in [0.1, 0.15) is 11.9 Å². The van der Waals surface area contributed by atoms with E-state index in [1.165, 1.54) is 28.8 Å². The van der Waals surface area contributed by atoms with Gasteiger partial charge < -0.3 is 5.32 Å². The molecule has 0 saturated carbocycles. The van der Waals surface area contributed by atoms with Gasteiger partial charge in [-0.15, -0.1) is 0 Å². The van der Waals surface area contributed by atoms with Crippen LogP contribution in [0.2, 0.25) is 0 Å². The normalized spacial score (nSPS) is 12.2. The second-order valence-corrected chi connectivity index (χ2v) is 8.27. The Hall–Kier alpha value is -3.80. The first-order chi connectivity index (χ1) is 15.1. The number of halogens is 1. The maximum absolute atomic E-state index is 14.2. The van der Waals surface area contributed by atoms with Gasteiger partial charge >= 0.3 is 5.69 Å². The van der Waals surface area contributed by atoms with Crippen LogP contribution in [0.4, 0.5) is 4.39 Å². The molecule has 2 N–H and O–H groups in total. The number of amides is 1. The topological polar surface area (TPSA) is 121 Å². The maximum atomic E-state index is 14.2. The molecule has 3 rings (SSSR count). The number of nitrogens with zero attached hydrogens (tertiary/aromatic N) is 3. The number of benzene rings is 1. The predicted molar refractivity (Wildman–Crippen MR) is 118 cm³/mol. The minimum atomic E-state index is -1.27. The van der Waals surface area contributed by atoms with Crippen molar-refractivity contribution in [1.82, 2.24) is 19.9 Å². The number of aromatic amines is 1. The molecule has 9 heteroatoms. The molecule has 0 aliphatic rings.